The van der Waals surface area contributed by atoms with Crippen LogP contribution in [0, 0.1) is 6.92 Å². The van der Waals surface area contributed by atoms with Crippen LogP contribution < -0.4 is 19.7 Å². The highest BCUT2D eigenvalue weighted by molar-refractivity contribution is 5.91. The number of hydrogen-bond acceptors (Lipinski definition) is 4. The normalized spacial score (nSPS) is 10.2. The first-order chi connectivity index (χ1) is 12.9. The number of hydrogen-bond donors (Lipinski definition) is 1. The van der Waals surface area contributed by atoms with E-state index >= 15 is 0 Å². The van der Waals surface area contributed by atoms with E-state index < -0.39 is 0 Å². The van der Waals surface area contributed by atoms with E-state index in [1.165, 1.54) is 6.92 Å². The highest BCUT2D eigenvalue weighted by Crippen LogP contribution is 2.27. The predicted molar refractivity (Wildman–Crippen MR) is 105 cm³/mol. The topological polar surface area (TPSA) is 67.9 Å². The molecule has 6 heteroatoms. The zero-order valence-corrected chi connectivity index (χ0v) is 16.2. The van der Waals surface area contributed by atoms with Crippen LogP contribution in [0.3, 0.4) is 0 Å². The number of methoxy groups -OCH3 is 2. The molecule has 0 unspecified atom stereocenters. The van der Waals surface area contributed by atoms with Crippen LogP contribution in [0.2, 0.25) is 0 Å². The summed E-state index contributed by atoms with van der Waals surface area (Å²) in [6.07, 6.45) is 0.227. The van der Waals surface area contributed by atoms with Gasteiger partial charge in [-0.3, -0.25) is 9.59 Å². The van der Waals surface area contributed by atoms with Gasteiger partial charge in [0.25, 0.3) is 0 Å². The molecule has 0 saturated carbocycles. The van der Waals surface area contributed by atoms with E-state index in [-0.39, 0.29) is 18.2 Å². The van der Waals surface area contributed by atoms with Crippen LogP contribution >= 0.6 is 0 Å². The first-order valence-electron chi connectivity index (χ1n) is 8.77. The van der Waals surface area contributed by atoms with Crippen molar-refractivity contribution in [2.45, 2.75) is 20.3 Å². The van der Waals surface area contributed by atoms with Gasteiger partial charge in [-0.1, -0.05) is 18.2 Å². The van der Waals surface area contributed by atoms with Crippen LogP contribution in [0.25, 0.3) is 0 Å². The van der Waals surface area contributed by atoms with E-state index in [0.717, 1.165) is 16.8 Å². The second-order valence-corrected chi connectivity index (χ2v) is 6.23. The second kappa shape index (κ2) is 9.62. The van der Waals surface area contributed by atoms with E-state index in [0.29, 0.717) is 24.6 Å². The molecule has 0 aromatic heterocycles. The number of nitrogens with one attached hydrogen (secondary N) is 1. The number of nitrogens with zero attached hydrogens (tertiary/aromatic N) is 1. The highest BCUT2D eigenvalue weighted by atomic mass is 16.5. The molecule has 0 bridgehead atoms. The van der Waals surface area contributed by atoms with E-state index in [1.807, 2.05) is 37.3 Å². The number of carbonyl (C=O) groups is 2. The number of amides is 2. The smallest absolute Gasteiger partial charge is 0.224 e. The minimum absolute atomic E-state index is 0.0604. The second-order valence-electron chi connectivity index (χ2n) is 6.23. The molecule has 27 heavy (non-hydrogen) atoms. The van der Waals surface area contributed by atoms with E-state index in [2.05, 4.69) is 5.32 Å². The Morgan fingerprint density at radius 3 is 2.41 bits per heavy atom. The predicted octanol–water partition coefficient (Wildman–Crippen LogP) is 2.72. The molecule has 0 aliphatic heterocycles. The van der Waals surface area contributed by atoms with Crippen molar-refractivity contribution in [1.82, 2.24) is 5.32 Å². The summed E-state index contributed by atoms with van der Waals surface area (Å²) in [6, 6.07) is 13.1. The third-order valence-electron chi connectivity index (χ3n) is 4.16. The molecular weight excluding hydrogens is 344 g/mol. The Kier molecular flexibility index (Phi) is 7.23. The Bertz CT molecular complexity index is 805. The lowest BCUT2D eigenvalue weighted by molar-refractivity contribution is -0.121. The van der Waals surface area contributed by atoms with E-state index in [4.69, 9.17) is 9.47 Å². The number of anilines is 1. The van der Waals surface area contributed by atoms with Gasteiger partial charge < -0.3 is 19.7 Å². The Hall–Kier alpha value is -3.02. The SMILES string of the molecule is COc1ccc(CC(=O)NCCN(C(C)=O)c2cccc(C)c2)cc1OC. The van der Waals surface area contributed by atoms with Gasteiger partial charge in [-0.2, -0.15) is 0 Å². The number of benzene rings is 2. The van der Waals surface area contributed by atoms with Crippen molar-refractivity contribution in [1.29, 1.82) is 0 Å². The Balaban J connectivity index is 1.92. The molecule has 2 rings (SSSR count). The van der Waals surface area contributed by atoms with Gasteiger partial charge in [-0.15, -0.1) is 0 Å². The molecule has 0 saturated heterocycles. The van der Waals surface area contributed by atoms with Crippen LogP contribution in [0.5, 0.6) is 11.5 Å². The average molecular weight is 370 g/mol. The van der Waals surface area contributed by atoms with Crippen molar-refractivity contribution >= 4 is 17.5 Å². The van der Waals surface area contributed by atoms with Gasteiger partial charge in [0.05, 0.1) is 20.6 Å². The van der Waals surface area contributed by atoms with E-state index in [9.17, 15) is 9.59 Å². The minimum atomic E-state index is -0.116. The van der Waals surface area contributed by atoms with E-state index in [1.54, 1.807) is 31.3 Å². The summed E-state index contributed by atoms with van der Waals surface area (Å²) in [5.41, 5.74) is 2.74. The first-order valence-corrected chi connectivity index (χ1v) is 8.77. The standard InChI is InChI=1S/C21H26N2O4/c1-15-6-5-7-18(12-15)23(16(2)24)11-10-22-21(25)14-17-8-9-19(26-3)20(13-17)27-4/h5-9,12-13H,10-11,14H2,1-4H3,(H,22,25). The zero-order chi connectivity index (χ0) is 19.8. The maximum Gasteiger partial charge on any atom is 0.224 e. The molecule has 1 N–H and O–H groups in total. The van der Waals surface area contributed by atoms with Crippen molar-refractivity contribution in [3.63, 3.8) is 0 Å². The lowest BCUT2D eigenvalue weighted by Gasteiger charge is -2.22. The lowest BCUT2D eigenvalue weighted by Crippen LogP contribution is -2.38. The number of aryl methyl sites for hydroxylation is 1. The fourth-order valence-corrected chi connectivity index (χ4v) is 2.81. The maximum atomic E-state index is 12.2. The molecule has 0 aliphatic carbocycles. The van der Waals surface area contributed by atoms with Crippen molar-refractivity contribution in [2.75, 3.05) is 32.2 Å². The quantitative estimate of drug-likeness (QED) is 0.776. The summed E-state index contributed by atoms with van der Waals surface area (Å²) in [5.74, 6) is 1.03. The molecule has 144 valence electrons. The molecule has 2 aromatic carbocycles. The fourth-order valence-electron chi connectivity index (χ4n) is 2.81. The first kappa shape index (κ1) is 20.3. The molecule has 0 aliphatic rings. The number of rotatable bonds is 8. The van der Waals surface area contributed by atoms with Crippen LogP contribution in [-0.4, -0.2) is 39.1 Å². The highest BCUT2D eigenvalue weighted by Gasteiger charge is 2.13. The summed E-state index contributed by atoms with van der Waals surface area (Å²) in [5, 5.41) is 2.86. The van der Waals surface area contributed by atoms with Gasteiger partial charge in [-0.25, -0.2) is 0 Å². The van der Waals surface area contributed by atoms with Crippen molar-refractivity contribution in [3.8, 4) is 11.5 Å². The molecule has 0 heterocycles. The summed E-state index contributed by atoms with van der Waals surface area (Å²) in [6.45, 7) is 4.29. The number of carbonyl (C=O) groups excluding carboxylic acids is 2. The molecule has 2 aromatic rings. The lowest BCUT2D eigenvalue weighted by atomic mass is 10.1. The Morgan fingerprint density at radius 2 is 1.78 bits per heavy atom. The summed E-state index contributed by atoms with van der Waals surface area (Å²) < 4.78 is 10.5. The summed E-state index contributed by atoms with van der Waals surface area (Å²) in [4.78, 5) is 25.8. The molecule has 0 spiro atoms. The van der Waals surface area contributed by atoms with Gasteiger partial charge in [0.1, 0.15) is 0 Å². The van der Waals surface area contributed by atoms with Gasteiger partial charge in [0, 0.05) is 25.7 Å². The molecule has 2 amide bonds. The van der Waals surface area contributed by atoms with Gasteiger partial charge in [0.15, 0.2) is 11.5 Å². The summed E-state index contributed by atoms with van der Waals surface area (Å²) in [7, 11) is 3.13. The van der Waals surface area contributed by atoms with Crippen LogP contribution in [0.4, 0.5) is 5.69 Å². The van der Waals surface area contributed by atoms with Crippen molar-refractivity contribution < 1.29 is 19.1 Å². The van der Waals surface area contributed by atoms with Gasteiger partial charge in [-0.05, 0) is 42.3 Å². The fraction of sp³-hybridized carbons (Fsp3) is 0.333. The Labute approximate surface area is 160 Å². The molecule has 0 radical (unpaired) electrons. The molecule has 6 nitrogen and oxygen atoms in total. The minimum Gasteiger partial charge on any atom is -0.493 e. The number of ether oxygens (including phenoxy) is 2. The van der Waals surface area contributed by atoms with Crippen LogP contribution in [0.1, 0.15) is 18.1 Å². The molecular formula is C21H26N2O4. The van der Waals surface area contributed by atoms with Crippen molar-refractivity contribution in [3.05, 3.63) is 53.6 Å². The molecule has 0 fully saturated rings. The zero-order valence-electron chi connectivity index (χ0n) is 16.2. The maximum absolute atomic E-state index is 12.2. The average Bonchev–Trinajstić information content (AvgIpc) is 2.64. The van der Waals surface area contributed by atoms with Gasteiger partial charge >= 0.3 is 0 Å². The van der Waals surface area contributed by atoms with Crippen LogP contribution in [0.15, 0.2) is 42.5 Å². The monoisotopic (exact) mass is 370 g/mol. The third kappa shape index (κ3) is 5.74. The molecule has 0 atom stereocenters. The van der Waals surface area contributed by atoms with Crippen molar-refractivity contribution in [2.24, 2.45) is 0 Å². The Morgan fingerprint density at radius 1 is 1.04 bits per heavy atom. The third-order valence-corrected chi connectivity index (χ3v) is 4.16. The largest absolute Gasteiger partial charge is 0.493 e. The van der Waals surface area contributed by atoms with Crippen LogP contribution in [-0.2, 0) is 16.0 Å². The summed E-state index contributed by atoms with van der Waals surface area (Å²) >= 11 is 0. The van der Waals surface area contributed by atoms with Gasteiger partial charge in [0.2, 0.25) is 11.8 Å².